The first-order valence-electron chi connectivity index (χ1n) is 6.40. The molecule has 2 aromatic rings. The largest absolute Gasteiger partial charge is 0.489 e. The van der Waals surface area contributed by atoms with Crippen LogP contribution in [0.15, 0.2) is 42.5 Å². The van der Waals surface area contributed by atoms with E-state index in [1.165, 1.54) is 18.2 Å². The molecule has 0 aromatic heterocycles. The molecule has 6 heteroatoms. The normalized spacial score (nSPS) is 11.3. The number of carboxylic acids is 1. The van der Waals surface area contributed by atoms with Crippen LogP contribution in [-0.2, 0) is 12.8 Å². The van der Waals surface area contributed by atoms with Crippen LogP contribution < -0.4 is 4.74 Å². The molecule has 0 atom stereocenters. The van der Waals surface area contributed by atoms with Crippen LogP contribution in [0.25, 0.3) is 0 Å². The summed E-state index contributed by atoms with van der Waals surface area (Å²) in [4.78, 5) is 10.9. The summed E-state index contributed by atoms with van der Waals surface area (Å²) in [5, 5.41) is 8.93. The second-order valence-electron chi connectivity index (χ2n) is 4.77. The number of alkyl halides is 3. The standard InChI is InChI=1S/C16H13F3O3/c1-10-7-11(5-6-14(10)15(20)21)9-22-13-4-2-3-12(8-13)16(17,18)19/h2-8H,9H2,1H3,(H,20,21). The maximum absolute atomic E-state index is 12.6. The number of hydrogen-bond donors (Lipinski definition) is 1. The highest BCUT2D eigenvalue weighted by Gasteiger charge is 2.30. The lowest BCUT2D eigenvalue weighted by Gasteiger charge is -2.11. The van der Waals surface area contributed by atoms with Crippen molar-refractivity contribution in [1.29, 1.82) is 0 Å². The van der Waals surface area contributed by atoms with Crippen molar-refractivity contribution in [2.24, 2.45) is 0 Å². The van der Waals surface area contributed by atoms with Crippen molar-refractivity contribution in [3.8, 4) is 5.75 Å². The first-order chi connectivity index (χ1) is 10.3. The Hall–Kier alpha value is -2.50. The lowest BCUT2D eigenvalue weighted by atomic mass is 10.1. The zero-order valence-electron chi connectivity index (χ0n) is 11.6. The highest BCUT2D eigenvalue weighted by atomic mass is 19.4. The van der Waals surface area contributed by atoms with E-state index in [-0.39, 0.29) is 17.9 Å². The molecule has 0 bridgehead atoms. The minimum atomic E-state index is -4.42. The highest BCUT2D eigenvalue weighted by molar-refractivity contribution is 5.89. The van der Waals surface area contributed by atoms with Crippen molar-refractivity contribution in [1.82, 2.24) is 0 Å². The van der Waals surface area contributed by atoms with Gasteiger partial charge in [0.05, 0.1) is 11.1 Å². The van der Waals surface area contributed by atoms with Gasteiger partial charge in [-0.3, -0.25) is 0 Å². The molecule has 0 aliphatic heterocycles. The summed E-state index contributed by atoms with van der Waals surface area (Å²) in [7, 11) is 0. The molecule has 2 aromatic carbocycles. The molecule has 3 nitrogen and oxygen atoms in total. The smallest absolute Gasteiger partial charge is 0.416 e. The van der Waals surface area contributed by atoms with Crippen molar-refractivity contribution < 1.29 is 27.8 Å². The van der Waals surface area contributed by atoms with Crippen LogP contribution in [-0.4, -0.2) is 11.1 Å². The van der Waals surface area contributed by atoms with Gasteiger partial charge in [0.25, 0.3) is 0 Å². The van der Waals surface area contributed by atoms with Crippen LogP contribution in [0.4, 0.5) is 13.2 Å². The lowest BCUT2D eigenvalue weighted by Crippen LogP contribution is -2.05. The first kappa shape index (κ1) is 15.9. The molecule has 0 spiro atoms. The fourth-order valence-corrected chi connectivity index (χ4v) is 1.98. The summed E-state index contributed by atoms with van der Waals surface area (Å²) in [6.07, 6.45) is -4.42. The summed E-state index contributed by atoms with van der Waals surface area (Å²) in [6, 6.07) is 9.27. The van der Waals surface area contributed by atoms with Crippen LogP contribution in [0.5, 0.6) is 5.75 Å². The zero-order chi connectivity index (χ0) is 16.3. The molecule has 1 N–H and O–H groups in total. The number of rotatable bonds is 4. The summed E-state index contributed by atoms with van der Waals surface area (Å²) >= 11 is 0. The monoisotopic (exact) mass is 310 g/mol. The minimum absolute atomic E-state index is 0.0576. The molecule has 0 heterocycles. The van der Waals surface area contributed by atoms with E-state index in [1.807, 2.05) is 0 Å². The summed E-state index contributed by atoms with van der Waals surface area (Å²) < 4.78 is 43.1. The molecule has 0 saturated carbocycles. The van der Waals surface area contributed by atoms with Crippen LogP contribution in [0.2, 0.25) is 0 Å². The molecule has 0 aliphatic carbocycles. The van der Waals surface area contributed by atoms with E-state index in [2.05, 4.69) is 0 Å². The van der Waals surface area contributed by atoms with E-state index in [9.17, 15) is 18.0 Å². The topological polar surface area (TPSA) is 46.5 Å². The molecule has 0 unspecified atom stereocenters. The SMILES string of the molecule is Cc1cc(COc2cccc(C(F)(F)F)c2)ccc1C(=O)O. The zero-order valence-corrected chi connectivity index (χ0v) is 11.6. The molecule has 116 valence electrons. The van der Waals surface area contributed by atoms with Gasteiger partial charge in [-0.25, -0.2) is 4.79 Å². The maximum atomic E-state index is 12.6. The predicted molar refractivity (Wildman–Crippen MR) is 73.9 cm³/mol. The Morgan fingerprint density at radius 1 is 1.18 bits per heavy atom. The molecular weight excluding hydrogens is 297 g/mol. The van der Waals surface area contributed by atoms with E-state index in [0.29, 0.717) is 11.1 Å². The van der Waals surface area contributed by atoms with Crippen molar-refractivity contribution in [3.05, 3.63) is 64.7 Å². The maximum Gasteiger partial charge on any atom is 0.416 e. The third-order valence-electron chi connectivity index (χ3n) is 3.09. The van der Waals surface area contributed by atoms with Gasteiger partial charge in [0, 0.05) is 0 Å². The highest BCUT2D eigenvalue weighted by Crippen LogP contribution is 2.31. The van der Waals surface area contributed by atoms with Gasteiger partial charge in [0.1, 0.15) is 12.4 Å². The average Bonchev–Trinajstić information content (AvgIpc) is 2.44. The number of ether oxygens (including phenoxy) is 1. The van der Waals surface area contributed by atoms with Gasteiger partial charge in [0.15, 0.2) is 0 Å². The Morgan fingerprint density at radius 3 is 2.50 bits per heavy atom. The van der Waals surface area contributed by atoms with Crippen molar-refractivity contribution in [2.45, 2.75) is 19.7 Å². The molecule has 0 saturated heterocycles. The van der Waals surface area contributed by atoms with Crippen LogP contribution in [0.1, 0.15) is 27.0 Å². The predicted octanol–water partition coefficient (Wildman–Crippen LogP) is 4.29. The van der Waals surface area contributed by atoms with Gasteiger partial charge >= 0.3 is 12.1 Å². The Kier molecular flexibility index (Phi) is 4.40. The minimum Gasteiger partial charge on any atom is -0.489 e. The summed E-state index contributed by atoms with van der Waals surface area (Å²) in [6.45, 7) is 1.71. The van der Waals surface area contributed by atoms with E-state index < -0.39 is 17.7 Å². The lowest BCUT2D eigenvalue weighted by molar-refractivity contribution is -0.137. The number of halogens is 3. The number of aromatic carboxylic acids is 1. The fraction of sp³-hybridized carbons (Fsp3) is 0.188. The second-order valence-corrected chi connectivity index (χ2v) is 4.77. The van der Waals surface area contributed by atoms with Gasteiger partial charge in [0.2, 0.25) is 0 Å². The van der Waals surface area contributed by atoms with Gasteiger partial charge in [-0.15, -0.1) is 0 Å². The number of benzene rings is 2. The molecule has 0 radical (unpaired) electrons. The molecular formula is C16H13F3O3. The molecule has 0 aliphatic rings. The number of hydrogen-bond acceptors (Lipinski definition) is 2. The Morgan fingerprint density at radius 2 is 1.91 bits per heavy atom. The number of carbonyl (C=O) groups is 1. The number of aryl methyl sites for hydroxylation is 1. The van der Waals surface area contributed by atoms with E-state index in [4.69, 9.17) is 9.84 Å². The molecule has 0 amide bonds. The van der Waals surface area contributed by atoms with Crippen LogP contribution >= 0.6 is 0 Å². The summed E-state index contributed by atoms with van der Waals surface area (Å²) in [5.41, 5.74) is 0.655. The Bertz CT molecular complexity index is 693. The van der Waals surface area contributed by atoms with Crippen LogP contribution in [0.3, 0.4) is 0 Å². The molecule has 0 fully saturated rings. The molecule has 22 heavy (non-hydrogen) atoms. The Labute approximate surface area is 125 Å². The average molecular weight is 310 g/mol. The molecule has 2 rings (SSSR count). The third kappa shape index (κ3) is 3.78. The van der Waals surface area contributed by atoms with Gasteiger partial charge < -0.3 is 9.84 Å². The fourth-order valence-electron chi connectivity index (χ4n) is 1.98. The van der Waals surface area contributed by atoms with E-state index in [1.54, 1.807) is 19.1 Å². The first-order valence-corrected chi connectivity index (χ1v) is 6.40. The van der Waals surface area contributed by atoms with Gasteiger partial charge in [-0.05, 0) is 42.3 Å². The van der Waals surface area contributed by atoms with Crippen LogP contribution in [0, 0.1) is 6.92 Å². The van der Waals surface area contributed by atoms with Gasteiger partial charge in [-0.2, -0.15) is 13.2 Å². The van der Waals surface area contributed by atoms with Crippen molar-refractivity contribution in [3.63, 3.8) is 0 Å². The van der Waals surface area contributed by atoms with Crippen molar-refractivity contribution in [2.75, 3.05) is 0 Å². The van der Waals surface area contributed by atoms with E-state index >= 15 is 0 Å². The Balaban J connectivity index is 2.10. The van der Waals surface area contributed by atoms with Crippen molar-refractivity contribution >= 4 is 5.97 Å². The second kappa shape index (κ2) is 6.09. The number of carboxylic acid groups (broad SMARTS) is 1. The van der Waals surface area contributed by atoms with E-state index in [0.717, 1.165) is 12.1 Å². The quantitative estimate of drug-likeness (QED) is 0.916. The summed E-state index contributed by atoms with van der Waals surface area (Å²) in [5.74, 6) is -0.919. The van der Waals surface area contributed by atoms with Gasteiger partial charge in [-0.1, -0.05) is 18.2 Å². The third-order valence-corrected chi connectivity index (χ3v) is 3.09.